The number of nitrogens with zero attached hydrogens (tertiary/aromatic N) is 2. The van der Waals surface area contributed by atoms with Crippen LogP contribution in [0.25, 0.3) is 6.08 Å². The van der Waals surface area contributed by atoms with Gasteiger partial charge in [0.05, 0.1) is 13.2 Å². The van der Waals surface area contributed by atoms with Crippen molar-refractivity contribution in [1.82, 2.24) is 9.80 Å². The van der Waals surface area contributed by atoms with Gasteiger partial charge in [0.2, 0.25) is 5.91 Å². The van der Waals surface area contributed by atoms with Crippen molar-refractivity contribution in [3.8, 4) is 5.75 Å². The van der Waals surface area contributed by atoms with E-state index in [9.17, 15) is 4.79 Å². The molecule has 0 aliphatic carbocycles. The third-order valence-corrected chi connectivity index (χ3v) is 4.88. The smallest absolute Gasteiger partial charge is 0.247 e. The molecular formula is C21H23ClN2O2. The molecule has 0 bridgehead atoms. The molecule has 1 unspecified atom stereocenters. The predicted molar refractivity (Wildman–Crippen MR) is 105 cm³/mol. The molecule has 2 aromatic rings. The monoisotopic (exact) mass is 370 g/mol. The second-order valence-electron chi connectivity index (χ2n) is 6.44. The summed E-state index contributed by atoms with van der Waals surface area (Å²) in [6.07, 6.45) is 3.38. The number of hydrogen-bond acceptors (Lipinski definition) is 3. The predicted octanol–water partition coefficient (Wildman–Crippen LogP) is 3.88. The summed E-state index contributed by atoms with van der Waals surface area (Å²) in [5, 5.41) is 0.611. The standard InChI is InChI=1S/C21H23ClN2O2/c1-23-12-13-24(19(15-23)16-6-4-3-5-7-16)21(25)11-8-17-14-18(22)9-10-20(17)26-2/h3-11,14,19H,12-13,15H2,1-2H3. The molecule has 0 spiro atoms. The van der Waals surface area contributed by atoms with E-state index in [0.29, 0.717) is 17.3 Å². The highest BCUT2D eigenvalue weighted by molar-refractivity contribution is 6.30. The molecular weight excluding hydrogens is 348 g/mol. The molecule has 4 nitrogen and oxygen atoms in total. The zero-order valence-electron chi connectivity index (χ0n) is 15.1. The van der Waals surface area contributed by atoms with Crippen molar-refractivity contribution in [1.29, 1.82) is 0 Å². The van der Waals surface area contributed by atoms with Crippen LogP contribution in [0.4, 0.5) is 0 Å². The van der Waals surface area contributed by atoms with Gasteiger partial charge in [-0.25, -0.2) is 0 Å². The van der Waals surface area contributed by atoms with Gasteiger partial charge in [-0.1, -0.05) is 41.9 Å². The lowest BCUT2D eigenvalue weighted by Gasteiger charge is -2.40. The van der Waals surface area contributed by atoms with Gasteiger partial charge in [0, 0.05) is 36.3 Å². The minimum atomic E-state index is -0.00557. The van der Waals surface area contributed by atoms with Gasteiger partial charge in [0.15, 0.2) is 0 Å². The van der Waals surface area contributed by atoms with E-state index in [0.717, 1.165) is 24.2 Å². The molecule has 1 heterocycles. The van der Waals surface area contributed by atoms with Crippen LogP contribution < -0.4 is 4.74 Å². The highest BCUT2D eigenvalue weighted by atomic mass is 35.5. The number of hydrogen-bond donors (Lipinski definition) is 0. The van der Waals surface area contributed by atoms with Crippen LogP contribution >= 0.6 is 11.6 Å². The highest BCUT2D eigenvalue weighted by Crippen LogP contribution is 2.27. The number of benzene rings is 2. The Morgan fingerprint density at radius 3 is 2.69 bits per heavy atom. The molecule has 5 heteroatoms. The molecule has 2 aromatic carbocycles. The summed E-state index contributed by atoms with van der Waals surface area (Å²) in [4.78, 5) is 17.1. The molecule has 3 rings (SSSR count). The van der Waals surface area contributed by atoms with Gasteiger partial charge in [0.25, 0.3) is 0 Å². The quantitative estimate of drug-likeness (QED) is 0.766. The zero-order chi connectivity index (χ0) is 18.5. The van der Waals surface area contributed by atoms with E-state index in [1.54, 1.807) is 37.5 Å². The fraction of sp³-hybridized carbons (Fsp3) is 0.286. The van der Waals surface area contributed by atoms with E-state index < -0.39 is 0 Å². The normalized spacial score (nSPS) is 18.3. The van der Waals surface area contributed by atoms with Gasteiger partial charge in [-0.2, -0.15) is 0 Å². The Morgan fingerprint density at radius 2 is 1.96 bits per heavy atom. The van der Waals surface area contributed by atoms with Crippen molar-refractivity contribution < 1.29 is 9.53 Å². The van der Waals surface area contributed by atoms with E-state index in [2.05, 4.69) is 24.1 Å². The summed E-state index contributed by atoms with van der Waals surface area (Å²) >= 11 is 6.07. The number of carbonyl (C=O) groups excluding carboxylic acids is 1. The molecule has 1 fully saturated rings. The first-order valence-corrected chi connectivity index (χ1v) is 9.02. The Bertz CT molecular complexity index is 792. The lowest BCUT2D eigenvalue weighted by Crippen LogP contribution is -2.48. The number of ether oxygens (including phenoxy) is 1. The first-order valence-electron chi connectivity index (χ1n) is 8.64. The van der Waals surface area contributed by atoms with E-state index in [1.807, 2.05) is 23.1 Å². The molecule has 0 aromatic heterocycles. The lowest BCUT2D eigenvalue weighted by atomic mass is 10.0. The molecule has 0 radical (unpaired) electrons. The maximum atomic E-state index is 12.9. The van der Waals surface area contributed by atoms with Crippen LogP contribution in [-0.2, 0) is 4.79 Å². The fourth-order valence-electron chi connectivity index (χ4n) is 3.24. The summed E-state index contributed by atoms with van der Waals surface area (Å²) in [5.74, 6) is 0.686. The average Bonchev–Trinajstić information content (AvgIpc) is 2.67. The molecule has 0 saturated carbocycles. The van der Waals surface area contributed by atoms with Gasteiger partial charge in [0.1, 0.15) is 5.75 Å². The maximum Gasteiger partial charge on any atom is 0.247 e. The lowest BCUT2D eigenvalue weighted by molar-refractivity contribution is -0.130. The molecule has 1 aliphatic heterocycles. The van der Waals surface area contributed by atoms with Crippen LogP contribution in [0.5, 0.6) is 5.75 Å². The number of halogens is 1. The molecule has 1 amide bonds. The van der Waals surface area contributed by atoms with Gasteiger partial charge in [-0.15, -0.1) is 0 Å². The number of rotatable bonds is 4. The molecule has 1 saturated heterocycles. The average molecular weight is 371 g/mol. The largest absolute Gasteiger partial charge is 0.496 e. The summed E-state index contributed by atoms with van der Waals surface area (Å²) in [5.41, 5.74) is 1.94. The van der Waals surface area contributed by atoms with Gasteiger partial charge in [-0.05, 0) is 36.9 Å². The number of likely N-dealkylation sites (N-methyl/N-ethyl adjacent to an activating group) is 1. The van der Waals surface area contributed by atoms with Crippen LogP contribution in [0.3, 0.4) is 0 Å². The van der Waals surface area contributed by atoms with Gasteiger partial charge < -0.3 is 14.5 Å². The summed E-state index contributed by atoms with van der Waals surface area (Å²) in [6.45, 7) is 2.39. The number of carbonyl (C=O) groups is 1. The number of methoxy groups -OCH3 is 1. The number of piperazine rings is 1. The van der Waals surface area contributed by atoms with Gasteiger partial charge in [-0.3, -0.25) is 4.79 Å². The third-order valence-electron chi connectivity index (χ3n) is 4.65. The van der Waals surface area contributed by atoms with E-state index >= 15 is 0 Å². The summed E-state index contributed by atoms with van der Waals surface area (Å²) in [7, 11) is 3.69. The van der Waals surface area contributed by atoms with Crippen molar-refractivity contribution in [2.24, 2.45) is 0 Å². The van der Waals surface area contributed by atoms with Crippen LogP contribution in [0.15, 0.2) is 54.6 Å². The second kappa shape index (κ2) is 8.39. The van der Waals surface area contributed by atoms with E-state index in [-0.39, 0.29) is 11.9 Å². The second-order valence-corrected chi connectivity index (χ2v) is 6.88. The Kier molecular flexibility index (Phi) is 5.96. The maximum absolute atomic E-state index is 12.9. The van der Waals surface area contributed by atoms with Crippen molar-refractivity contribution in [2.75, 3.05) is 33.8 Å². The SMILES string of the molecule is COc1ccc(Cl)cc1C=CC(=O)N1CCN(C)CC1c1ccccc1. The number of amides is 1. The van der Waals surface area contributed by atoms with Crippen molar-refractivity contribution in [2.45, 2.75) is 6.04 Å². The van der Waals surface area contributed by atoms with E-state index in [1.165, 1.54) is 0 Å². The Hall–Kier alpha value is -2.30. The minimum absolute atomic E-state index is 0.00557. The van der Waals surface area contributed by atoms with Crippen molar-refractivity contribution in [3.63, 3.8) is 0 Å². The van der Waals surface area contributed by atoms with Crippen molar-refractivity contribution in [3.05, 3.63) is 70.8 Å². The molecule has 26 heavy (non-hydrogen) atoms. The summed E-state index contributed by atoms with van der Waals surface area (Å²) in [6, 6.07) is 15.6. The fourth-order valence-corrected chi connectivity index (χ4v) is 3.42. The van der Waals surface area contributed by atoms with Crippen molar-refractivity contribution >= 4 is 23.6 Å². The molecule has 0 N–H and O–H groups in total. The first-order chi connectivity index (χ1) is 12.6. The zero-order valence-corrected chi connectivity index (χ0v) is 15.8. The first kappa shape index (κ1) is 18.5. The Morgan fingerprint density at radius 1 is 1.19 bits per heavy atom. The van der Waals surface area contributed by atoms with Crippen LogP contribution in [0.1, 0.15) is 17.2 Å². The van der Waals surface area contributed by atoms with Crippen LogP contribution in [0.2, 0.25) is 5.02 Å². The highest BCUT2D eigenvalue weighted by Gasteiger charge is 2.28. The third kappa shape index (κ3) is 4.26. The molecule has 1 aliphatic rings. The van der Waals surface area contributed by atoms with E-state index in [4.69, 9.17) is 16.3 Å². The minimum Gasteiger partial charge on any atom is -0.496 e. The van der Waals surface area contributed by atoms with Crippen LogP contribution in [-0.4, -0.2) is 49.5 Å². The molecule has 136 valence electrons. The van der Waals surface area contributed by atoms with Gasteiger partial charge >= 0.3 is 0 Å². The Labute approximate surface area is 159 Å². The topological polar surface area (TPSA) is 32.8 Å². The Balaban J connectivity index is 1.82. The van der Waals surface area contributed by atoms with Crippen LogP contribution in [0, 0.1) is 0 Å². The summed E-state index contributed by atoms with van der Waals surface area (Å²) < 4.78 is 5.34. The molecule has 1 atom stereocenters.